The van der Waals surface area contributed by atoms with Crippen molar-refractivity contribution < 1.29 is 9.53 Å². The third-order valence-electron chi connectivity index (χ3n) is 2.50. The van der Waals surface area contributed by atoms with Gasteiger partial charge in [0.1, 0.15) is 6.04 Å². The van der Waals surface area contributed by atoms with E-state index in [1.54, 1.807) is 0 Å². The molecule has 0 amide bonds. The van der Waals surface area contributed by atoms with Crippen LogP contribution < -0.4 is 5.32 Å². The molecule has 17 heavy (non-hydrogen) atoms. The fourth-order valence-corrected chi connectivity index (χ4v) is 1.98. The lowest BCUT2D eigenvalue weighted by molar-refractivity contribution is -0.141. The van der Waals surface area contributed by atoms with Crippen molar-refractivity contribution in [2.75, 3.05) is 12.4 Å². The van der Waals surface area contributed by atoms with Gasteiger partial charge in [-0.05, 0) is 24.6 Å². The van der Waals surface area contributed by atoms with E-state index in [9.17, 15) is 4.79 Å². The van der Waals surface area contributed by atoms with Gasteiger partial charge in [-0.2, -0.15) is 0 Å². The van der Waals surface area contributed by atoms with E-state index in [0.29, 0.717) is 0 Å². The minimum Gasteiger partial charge on any atom is -0.467 e. The summed E-state index contributed by atoms with van der Waals surface area (Å²) in [5.41, 5.74) is 0.922. The molecule has 1 N–H and O–H groups in total. The van der Waals surface area contributed by atoms with Crippen molar-refractivity contribution in [2.45, 2.75) is 32.2 Å². The Hall–Kier alpha value is -1.03. The Kier molecular flexibility index (Phi) is 6.05. The predicted molar refractivity (Wildman–Crippen MR) is 73.1 cm³/mol. The van der Waals surface area contributed by atoms with Crippen LogP contribution in [-0.2, 0) is 9.53 Å². The Morgan fingerprint density at radius 2 is 2.29 bits per heavy atom. The van der Waals surface area contributed by atoms with E-state index in [1.165, 1.54) is 7.11 Å². The molecule has 0 aliphatic carbocycles. The number of halogens is 1. The number of esters is 1. The van der Waals surface area contributed by atoms with Crippen LogP contribution in [0.1, 0.15) is 26.2 Å². The van der Waals surface area contributed by atoms with Crippen LogP contribution in [-0.4, -0.2) is 19.1 Å². The van der Waals surface area contributed by atoms with Crippen molar-refractivity contribution in [1.82, 2.24) is 0 Å². The summed E-state index contributed by atoms with van der Waals surface area (Å²) in [5, 5.41) is 3.20. The van der Waals surface area contributed by atoms with Crippen molar-refractivity contribution in [3.63, 3.8) is 0 Å². The summed E-state index contributed by atoms with van der Waals surface area (Å²) in [6.45, 7) is 2.10. The molecule has 0 bridgehead atoms. The molecule has 0 aromatic heterocycles. The number of nitrogens with one attached hydrogen (secondary N) is 1. The smallest absolute Gasteiger partial charge is 0.328 e. The Morgan fingerprint density at radius 3 is 2.88 bits per heavy atom. The topological polar surface area (TPSA) is 38.3 Å². The van der Waals surface area contributed by atoms with E-state index in [-0.39, 0.29) is 12.0 Å². The fourth-order valence-electron chi connectivity index (χ4n) is 1.58. The van der Waals surface area contributed by atoms with Gasteiger partial charge >= 0.3 is 5.97 Å². The number of carbonyl (C=O) groups is 1. The first kappa shape index (κ1) is 14.0. The summed E-state index contributed by atoms with van der Waals surface area (Å²) in [5.74, 6) is -0.210. The molecule has 1 unspecified atom stereocenters. The molecule has 0 saturated heterocycles. The number of unbranched alkanes of at least 4 members (excludes halogenated alkanes) is 1. The summed E-state index contributed by atoms with van der Waals surface area (Å²) in [7, 11) is 1.42. The molecule has 1 atom stereocenters. The number of hydrogen-bond donors (Lipinski definition) is 1. The molecular weight excluding hydrogens is 282 g/mol. The molecule has 0 aliphatic heterocycles. The summed E-state index contributed by atoms with van der Waals surface area (Å²) >= 11 is 3.40. The maximum Gasteiger partial charge on any atom is 0.328 e. The average molecular weight is 300 g/mol. The molecule has 0 radical (unpaired) electrons. The summed E-state index contributed by atoms with van der Waals surface area (Å²) in [4.78, 5) is 11.6. The van der Waals surface area contributed by atoms with Gasteiger partial charge in [0.15, 0.2) is 0 Å². The van der Waals surface area contributed by atoms with E-state index in [2.05, 4.69) is 28.2 Å². The number of methoxy groups -OCH3 is 1. The molecule has 1 rings (SSSR count). The highest BCUT2D eigenvalue weighted by molar-refractivity contribution is 9.10. The van der Waals surface area contributed by atoms with Crippen LogP contribution in [0.3, 0.4) is 0 Å². The minimum absolute atomic E-state index is 0.210. The Labute approximate surface area is 111 Å². The van der Waals surface area contributed by atoms with Crippen LogP contribution in [0, 0.1) is 0 Å². The fraction of sp³-hybridized carbons (Fsp3) is 0.462. The highest BCUT2D eigenvalue weighted by atomic mass is 79.9. The van der Waals surface area contributed by atoms with Gasteiger partial charge in [0.2, 0.25) is 0 Å². The van der Waals surface area contributed by atoms with Crippen molar-refractivity contribution >= 4 is 27.6 Å². The van der Waals surface area contributed by atoms with Gasteiger partial charge in [-0.15, -0.1) is 0 Å². The van der Waals surface area contributed by atoms with Crippen LogP contribution in [0.15, 0.2) is 28.7 Å². The molecule has 1 aromatic carbocycles. The van der Waals surface area contributed by atoms with Gasteiger partial charge in [0, 0.05) is 10.2 Å². The van der Waals surface area contributed by atoms with E-state index < -0.39 is 0 Å². The van der Waals surface area contributed by atoms with Gasteiger partial charge in [-0.1, -0.05) is 41.8 Å². The normalized spacial score (nSPS) is 11.9. The maximum atomic E-state index is 11.6. The summed E-state index contributed by atoms with van der Waals surface area (Å²) < 4.78 is 5.79. The number of rotatable bonds is 6. The quantitative estimate of drug-likeness (QED) is 0.816. The number of ether oxygens (including phenoxy) is 1. The molecule has 0 saturated carbocycles. The van der Waals surface area contributed by atoms with Crippen LogP contribution in [0.4, 0.5) is 5.69 Å². The second-order valence-electron chi connectivity index (χ2n) is 3.87. The molecule has 0 heterocycles. The highest BCUT2D eigenvalue weighted by Gasteiger charge is 2.17. The minimum atomic E-state index is -0.269. The van der Waals surface area contributed by atoms with Crippen molar-refractivity contribution in [3.05, 3.63) is 28.7 Å². The predicted octanol–water partition coefficient (Wildman–Crippen LogP) is 3.59. The molecule has 0 spiro atoms. The molecule has 1 aromatic rings. The summed E-state index contributed by atoms with van der Waals surface area (Å²) in [6.07, 6.45) is 2.85. The number of anilines is 1. The molecule has 0 aliphatic rings. The van der Waals surface area contributed by atoms with Crippen LogP contribution in [0.5, 0.6) is 0 Å². The van der Waals surface area contributed by atoms with Gasteiger partial charge in [0.05, 0.1) is 7.11 Å². The number of benzene rings is 1. The van der Waals surface area contributed by atoms with Gasteiger partial charge in [-0.25, -0.2) is 4.79 Å². The standard InChI is InChI=1S/C13H18BrNO2/c1-3-4-8-12(13(16)17-2)15-11-7-5-6-10(14)9-11/h5-7,9,12,15H,3-4,8H2,1-2H3. The Balaban J connectivity index is 2.68. The first-order valence-electron chi connectivity index (χ1n) is 5.77. The molecule has 0 fully saturated rings. The maximum absolute atomic E-state index is 11.6. The molecule has 94 valence electrons. The van der Waals surface area contributed by atoms with Crippen molar-refractivity contribution in [3.8, 4) is 0 Å². The average Bonchev–Trinajstić information content (AvgIpc) is 2.33. The lowest BCUT2D eigenvalue weighted by Crippen LogP contribution is -2.30. The monoisotopic (exact) mass is 299 g/mol. The second-order valence-corrected chi connectivity index (χ2v) is 4.79. The zero-order valence-electron chi connectivity index (χ0n) is 10.2. The second kappa shape index (κ2) is 7.33. The van der Waals surface area contributed by atoms with Crippen molar-refractivity contribution in [1.29, 1.82) is 0 Å². The van der Waals surface area contributed by atoms with Gasteiger partial charge in [0.25, 0.3) is 0 Å². The lowest BCUT2D eigenvalue weighted by atomic mass is 10.1. The SMILES string of the molecule is CCCCC(Nc1cccc(Br)c1)C(=O)OC. The third kappa shape index (κ3) is 4.77. The van der Waals surface area contributed by atoms with E-state index in [1.807, 2.05) is 24.3 Å². The third-order valence-corrected chi connectivity index (χ3v) is 2.99. The first-order chi connectivity index (χ1) is 8.17. The molecule has 3 nitrogen and oxygen atoms in total. The first-order valence-corrected chi connectivity index (χ1v) is 6.56. The summed E-state index contributed by atoms with van der Waals surface area (Å²) in [6, 6.07) is 7.49. The van der Waals surface area contributed by atoms with Crippen LogP contribution in [0.2, 0.25) is 0 Å². The number of hydrogen-bond acceptors (Lipinski definition) is 3. The van der Waals surface area contributed by atoms with E-state index in [0.717, 1.165) is 29.4 Å². The zero-order chi connectivity index (χ0) is 12.7. The molecular formula is C13H18BrNO2. The van der Waals surface area contributed by atoms with Crippen molar-refractivity contribution in [2.24, 2.45) is 0 Å². The Morgan fingerprint density at radius 1 is 1.53 bits per heavy atom. The van der Waals surface area contributed by atoms with E-state index >= 15 is 0 Å². The largest absolute Gasteiger partial charge is 0.467 e. The lowest BCUT2D eigenvalue weighted by Gasteiger charge is -2.17. The van der Waals surface area contributed by atoms with Gasteiger partial charge < -0.3 is 10.1 Å². The van der Waals surface area contributed by atoms with Crippen LogP contribution >= 0.6 is 15.9 Å². The van der Waals surface area contributed by atoms with Crippen LogP contribution in [0.25, 0.3) is 0 Å². The van der Waals surface area contributed by atoms with Gasteiger partial charge in [-0.3, -0.25) is 0 Å². The number of carbonyl (C=O) groups excluding carboxylic acids is 1. The van der Waals surface area contributed by atoms with E-state index in [4.69, 9.17) is 4.74 Å². The zero-order valence-corrected chi connectivity index (χ0v) is 11.8. The molecule has 4 heteroatoms. The Bertz CT molecular complexity index is 368. The highest BCUT2D eigenvalue weighted by Crippen LogP contribution is 2.18.